The molecule has 58 heavy (non-hydrogen) atoms. The van der Waals surface area contributed by atoms with E-state index in [2.05, 4.69) is 205 Å². The van der Waals surface area contributed by atoms with Crippen molar-refractivity contribution in [3.05, 3.63) is 235 Å². The van der Waals surface area contributed by atoms with Gasteiger partial charge in [0.15, 0.2) is 0 Å². The number of fused-ring (bicyclic) bond motifs is 12. The van der Waals surface area contributed by atoms with E-state index in [1.54, 1.807) is 0 Å². The standard InChI is InChI=1S/C55H35NO2/c1-2-17-39(18-3-1)56(40-19-12-15-36(33-40)37-31-32-52-46(35-37)45-23-6-10-29-51(45)57-52)41-20-13-16-38(34-41)42-24-14-28-50-54(42)58-53-30-11-9-27-49(53)55(50)47-25-7-4-21-43(47)44-22-5-8-26-48(44)55/h1-35H. The molecule has 12 rings (SSSR count). The van der Waals surface area contributed by atoms with Crippen molar-refractivity contribution in [2.45, 2.75) is 5.41 Å². The van der Waals surface area contributed by atoms with Gasteiger partial charge in [0, 0.05) is 44.5 Å². The first kappa shape index (κ1) is 32.6. The smallest absolute Gasteiger partial charge is 0.140 e. The Morgan fingerprint density at radius 1 is 0.345 bits per heavy atom. The third kappa shape index (κ3) is 4.74. The average molecular weight is 742 g/mol. The number of ether oxygens (including phenoxy) is 1. The average Bonchev–Trinajstić information content (AvgIpc) is 3.81. The number of furan rings is 1. The van der Waals surface area contributed by atoms with Crippen molar-refractivity contribution in [3.63, 3.8) is 0 Å². The summed E-state index contributed by atoms with van der Waals surface area (Å²) in [5, 5.41) is 2.24. The predicted molar refractivity (Wildman–Crippen MR) is 237 cm³/mol. The molecule has 0 saturated heterocycles. The van der Waals surface area contributed by atoms with Gasteiger partial charge in [-0.15, -0.1) is 0 Å². The highest BCUT2D eigenvalue weighted by molar-refractivity contribution is 6.06. The number of hydrogen-bond acceptors (Lipinski definition) is 3. The Bertz CT molecular complexity index is 3190. The summed E-state index contributed by atoms with van der Waals surface area (Å²) in [6, 6.07) is 76.0. The van der Waals surface area contributed by atoms with Crippen LogP contribution in [0.3, 0.4) is 0 Å². The maximum absolute atomic E-state index is 7.05. The Morgan fingerprint density at radius 3 is 1.69 bits per heavy atom. The second kappa shape index (κ2) is 12.7. The number of benzene rings is 9. The molecule has 0 N–H and O–H groups in total. The predicted octanol–water partition coefficient (Wildman–Crippen LogP) is 14.9. The first-order valence-corrected chi connectivity index (χ1v) is 19.8. The highest BCUT2D eigenvalue weighted by Crippen LogP contribution is 2.63. The molecule has 1 aliphatic heterocycles. The van der Waals surface area contributed by atoms with Crippen LogP contribution in [0.25, 0.3) is 55.3 Å². The highest BCUT2D eigenvalue weighted by atomic mass is 16.5. The van der Waals surface area contributed by atoms with Gasteiger partial charge in [0.1, 0.15) is 22.7 Å². The fourth-order valence-electron chi connectivity index (χ4n) is 9.67. The molecule has 3 heteroatoms. The van der Waals surface area contributed by atoms with Crippen LogP contribution in [-0.4, -0.2) is 0 Å². The van der Waals surface area contributed by atoms with Crippen LogP contribution in [0, 0.1) is 0 Å². The molecule has 0 fully saturated rings. The van der Waals surface area contributed by atoms with Crippen LogP contribution in [0.4, 0.5) is 17.1 Å². The lowest BCUT2D eigenvalue weighted by molar-refractivity contribution is 0.438. The van der Waals surface area contributed by atoms with Crippen molar-refractivity contribution in [1.82, 2.24) is 0 Å². The van der Waals surface area contributed by atoms with Gasteiger partial charge in [0.05, 0.1) is 5.41 Å². The fourth-order valence-corrected chi connectivity index (χ4v) is 9.67. The summed E-state index contributed by atoms with van der Waals surface area (Å²) in [4.78, 5) is 2.34. The van der Waals surface area contributed by atoms with Crippen LogP contribution in [0.15, 0.2) is 217 Å². The number of anilines is 3. The Hall–Kier alpha value is -7.62. The third-order valence-corrected chi connectivity index (χ3v) is 12.1. The van der Waals surface area contributed by atoms with Gasteiger partial charge < -0.3 is 14.1 Å². The van der Waals surface area contributed by atoms with Crippen LogP contribution in [0.5, 0.6) is 11.5 Å². The van der Waals surface area contributed by atoms with E-state index < -0.39 is 5.41 Å². The molecule has 0 saturated carbocycles. The van der Waals surface area contributed by atoms with Gasteiger partial charge in [-0.05, 0) is 99.6 Å². The summed E-state index contributed by atoms with van der Waals surface area (Å²) in [5.74, 6) is 1.77. The maximum atomic E-state index is 7.05. The lowest BCUT2D eigenvalue weighted by atomic mass is 9.65. The molecule has 10 aromatic rings. The zero-order valence-corrected chi connectivity index (χ0v) is 31.5. The summed E-state index contributed by atoms with van der Waals surface area (Å²) in [6.07, 6.45) is 0. The molecule has 1 aliphatic carbocycles. The van der Waals surface area contributed by atoms with E-state index in [4.69, 9.17) is 9.15 Å². The summed E-state index contributed by atoms with van der Waals surface area (Å²) >= 11 is 0. The van der Waals surface area contributed by atoms with Gasteiger partial charge in [-0.25, -0.2) is 0 Å². The molecule has 1 spiro atoms. The molecule has 3 nitrogen and oxygen atoms in total. The van der Waals surface area contributed by atoms with Gasteiger partial charge >= 0.3 is 0 Å². The molecule has 9 aromatic carbocycles. The van der Waals surface area contributed by atoms with Crippen molar-refractivity contribution in [2.75, 3.05) is 4.90 Å². The van der Waals surface area contributed by atoms with Crippen molar-refractivity contribution >= 4 is 39.0 Å². The quantitative estimate of drug-likeness (QED) is 0.176. The third-order valence-electron chi connectivity index (χ3n) is 12.1. The monoisotopic (exact) mass is 741 g/mol. The fraction of sp³-hybridized carbons (Fsp3) is 0.0182. The first-order valence-electron chi connectivity index (χ1n) is 19.8. The Kier molecular flexibility index (Phi) is 7.14. The zero-order chi connectivity index (χ0) is 38.2. The van der Waals surface area contributed by atoms with Crippen LogP contribution >= 0.6 is 0 Å². The summed E-state index contributed by atoms with van der Waals surface area (Å²) < 4.78 is 13.2. The van der Waals surface area contributed by atoms with Crippen molar-refractivity contribution in [1.29, 1.82) is 0 Å². The van der Waals surface area contributed by atoms with Crippen molar-refractivity contribution < 1.29 is 9.15 Å². The molecule has 272 valence electrons. The van der Waals surface area contributed by atoms with Crippen molar-refractivity contribution in [3.8, 4) is 44.9 Å². The molecule has 2 heterocycles. The van der Waals surface area contributed by atoms with Crippen LogP contribution in [-0.2, 0) is 5.41 Å². The minimum Gasteiger partial charge on any atom is -0.456 e. The Labute approximate surface area is 336 Å². The van der Waals surface area contributed by atoms with Crippen LogP contribution in [0.2, 0.25) is 0 Å². The van der Waals surface area contributed by atoms with Gasteiger partial charge in [-0.1, -0.05) is 152 Å². The van der Waals surface area contributed by atoms with E-state index in [0.29, 0.717) is 0 Å². The molecular weight excluding hydrogens is 707 g/mol. The van der Waals surface area contributed by atoms with Crippen LogP contribution < -0.4 is 9.64 Å². The summed E-state index contributed by atoms with van der Waals surface area (Å²) in [7, 11) is 0. The first-order chi connectivity index (χ1) is 28.8. The zero-order valence-electron chi connectivity index (χ0n) is 31.5. The highest BCUT2D eigenvalue weighted by Gasteiger charge is 2.51. The summed E-state index contributed by atoms with van der Waals surface area (Å²) in [5.41, 5.74) is 16.3. The largest absolute Gasteiger partial charge is 0.456 e. The van der Waals surface area contributed by atoms with Gasteiger partial charge in [-0.3, -0.25) is 0 Å². The lowest BCUT2D eigenvalue weighted by Crippen LogP contribution is -2.32. The van der Waals surface area contributed by atoms with E-state index in [9.17, 15) is 0 Å². The lowest BCUT2D eigenvalue weighted by Gasteiger charge is -2.40. The molecule has 0 unspecified atom stereocenters. The van der Waals surface area contributed by atoms with E-state index >= 15 is 0 Å². The molecule has 2 aliphatic rings. The van der Waals surface area contributed by atoms with Gasteiger partial charge in [-0.2, -0.15) is 0 Å². The summed E-state index contributed by atoms with van der Waals surface area (Å²) in [6.45, 7) is 0. The number of para-hydroxylation sites is 4. The topological polar surface area (TPSA) is 25.6 Å². The number of nitrogens with zero attached hydrogens (tertiary/aromatic N) is 1. The maximum Gasteiger partial charge on any atom is 0.140 e. The SMILES string of the molecule is c1ccc(N(c2cccc(-c3ccc4oc5ccccc5c4c3)c2)c2cccc(-c3cccc4c3Oc3ccccc3C43c4ccccc4-c4ccccc43)c2)cc1. The number of hydrogen-bond donors (Lipinski definition) is 0. The molecule has 0 amide bonds. The molecule has 0 radical (unpaired) electrons. The Balaban J connectivity index is 1.02. The van der Waals surface area contributed by atoms with E-state index in [0.717, 1.165) is 78.3 Å². The number of rotatable bonds is 5. The van der Waals surface area contributed by atoms with Gasteiger partial charge in [0.25, 0.3) is 0 Å². The Morgan fingerprint density at radius 2 is 0.897 bits per heavy atom. The molecule has 0 atom stereocenters. The van der Waals surface area contributed by atoms with Crippen molar-refractivity contribution in [2.24, 2.45) is 0 Å². The molecular formula is C55H35NO2. The normalized spacial score (nSPS) is 13.1. The second-order valence-corrected chi connectivity index (χ2v) is 15.2. The second-order valence-electron chi connectivity index (χ2n) is 15.2. The van der Waals surface area contributed by atoms with Gasteiger partial charge in [0.2, 0.25) is 0 Å². The van der Waals surface area contributed by atoms with E-state index in [1.165, 1.54) is 27.8 Å². The minimum absolute atomic E-state index is 0.521. The molecule has 1 aromatic heterocycles. The van der Waals surface area contributed by atoms with E-state index in [1.807, 2.05) is 12.1 Å². The van der Waals surface area contributed by atoms with E-state index in [-0.39, 0.29) is 0 Å². The minimum atomic E-state index is -0.521. The van der Waals surface area contributed by atoms with Crippen LogP contribution in [0.1, 0.15) is 22.3 Å². The molecule has 0 bridgehead atoms.